The Labute approximate surface area is 150 Å². The number of nitrogens with one attached hydrogen (secondary N) is 1. The van der Waals surface area contributed by atoms with Crippen molar-refractivity contribution in [1.29, 1.82) is 0 Å². The van der Waals surface area contributed by atoms with Gasteiger partial charge in [0, 0.05) is 44.0 Å². The number of aromatic nitrogens is 2. The third-order valence-electron chi connectivity index (χ3n) is 4.84. The first kappa shape index (κ1) is 17.7. The average molecular weight is 340 g/mol. The topological polar surface area (TPSA) is 50.2 Å². The molecule has 5 heteroatoms. The molecule has 5 nitrogen and oxygen atoms in total. The van der Waals surface area contributed by atoms with E-state index >= 15 is 0 Å². The minimum absolute atomic E-state index is 0.00546. The summed E-state index contributed by atoms with van der Waals surface area (Å²) in [5, 5.41) is 8.17. The smallest absolute Gasteiger partial charge is 0.274 e. The van der Waals surface area contributed by atoms with Gasteiger partial charge in [0.25, 0.3) is 5.91 Å². The molecule has 0 unspecified atom stereocenters. The van der Waals surface area contributed by atoms with Gasteiger partial charge in [0.05, 0.1) is 0 Å². The van der Waals surface area contributed by atoms with Crippen LogP contribution < -0.4 is 5.32 Å². The standard InChI is InChI=1S/C20H28N4O/c1-14(2)21-16-10-11-18-17(12-16)19(22-24(18)4)20(25)23(3)13-15-8-6-5-7-9-15/h5-9,14,16,21H,10-13H2,1-4H3/t16-/m1/s1. The van der Waals surface area contributed by atoms with E-state index in [2.05, 4.69) is 24.3 Å². The maximum atomic E-state index is 13.0. The van der Waals surface area contributed by atoms with Crippen LogP contribution >= 0.6 is 0 Å². The molecule has 0 bridgehead atoms. The fraction of sp³-hybridized carbons (Fsp3) is 0.500. The first-order chi connectivity index (χ1) is 12.0. The van der Waals surface area contributed by atoms with Crippen LogP contribution in [0.4, 0.5) is 0 Å². The van der Waals surface area contributed by atoms with Crippen molar-refractivity contribution in [3.05, 3.63) is 52.8 Å². The van der Waals surface area contributed by atoms with Gasteiger partial charge in [0.15, 0.2) is 5.69 Å². The van der Waals surface area contributed by atoms with Gasteiger partial charge in [0.1, 0.15) is 0 Å². The van der Waals surface area contributed by atoms with Crippen LogP contribution in [0.5, 0.6) is 0 Å². The average Bonchev–Trinajstić information content (AvgIpc) is 2.91. The van der Waals surface area contributed by atoms with Crippen molar-refractivity contribution >= 4 is 5.91 Å². The molecule has 1 aliphatic carbocycles. The minimum Gasteiger partial charge on any atom is -0.336 e. The van der Waals surface area contributed by atoms with E-state index in [0.717, 1.165) is 30.4 Å². The zero-order valence-corrected chi connectivity index (χ0v) is 15.6. The Morgan fingerprint density at radius 3 is 2.76 bits per heavy atom. The van der Waals surface area contributed by atoms with E-state index in [0.29, 0.717) is 24.3 Å². The summed E-state index contributed by atoms with van der Waals surface area (Å²) in [6.07, 6.45) is 2.94. The Kier molecular flexibility index (Phi) is 5.23. The number of hydrogen-bond acceptors (Lipinski definition) is 3. The molecule has 1 aromatic carbocycles. The number of carbonyl (C=O) groups excluding carboxylic acids is 1. The molecule has 1 aliphatic rings. The molecule has 0 saturated heterocycles. The van der Waals surface area contributed by atoms with Crippen LogP contribution in [0, 0.1) is 0 Å². The fourth-order valence-electron chi connectivity index (χ4n) is 3.68. The molecule has 25 heavy (non-hydrogen) atoms. The van der Waals surface area contributed by atoms with E-state index in [1.165, 1.54) is 5.69 Å². The normalized spacial score (nSPS) is 16.8. The largest absolute Gasteiger partial charge is 0.336 e. The molecule has 1 amide bonds. The summed E-state index contributed by atoms with van der Waals surface area (Å²) in [6, 6.07) is 10.9. The van der Waals surface area contributed by atoms with Crippen molar-refractivity contribution in [3.63, 3.8) is 0 Å². The molecule has 1 heterocycles. The molecule has 134 valence electrons. The highest BCUT2D eigenvalue weighted by Crippen LogP contribution is 2.25. The molecule has 0 spiro atoms. The SMILES string of the molecule is CC(C)N[C@@H]1CCc2c(c(C(=O)N(C)Cc3ccccc3)nn2C)C1. The highest BCUT2D eigenvalue weighted by Gasteiger charge is 2.29. The van der Waals surface area contributed by atoms with Gasteiger partial charge >= 0.3 is 0 Å². The molecule has 0 saturated carbocycles. The van der Waals surface area contributed by atoms with Crippen LogP contribution in [-0.4, -0.2) is 39.7 Å². The first-order valence-corrected chi connectivity index (χ1v) is 9.06. The van der Waals surface area contributed by atoms with Crippen molar-refractivity contribution in [3.8, 4) is 0 Å². The predicted molar refractivity (Wildman–Crippen MR) is 99.5 cm³/mol. The lowest BCUT2D eigenvalue weighted by Crippen LogP contribution is -2.39. The van der Waals surface area contributed by atoms with Gasteiger partial charge in [0.2, 0.25) is 0 Å². The summed E-state index contributed by atoms with van der Waals surface area (Å²) in [5.74, 6) is 0.00546. The van der Waals surface area contributed by atoms with Crippen molar-refractivity contribution in [2.24, 2.45) is 7.05 Å². The lowest BCUT2D eigenvalue weighted by Gasteiger charge is -2.26. The number of rotatable bonds is 5. The molecule has 1 atom stereocenters. The van der Waals surface area contributed by atoms with E-state index in [9.17, 15) is 4.79 Å². The third kappa shape index (κ3) is 3.93. The summed E-state index contributed by atoms with van der Waals surface area (Å²) in [4.78, 5) is 14.8. The molecule has 0 fully saturated rings. The highest BCUT2D eigenvalue weighted by atomic mass is 16.2. The van der Waals surface area contributed by atoms with Crippen LogP contribution in [0.15, 0.2) is 30.3 Å². The van der Waals surface area contributed by atoms with E-state index < -0.39 is 0 Å². The molecule has 1 aromatic heterocycles. The van der Waals surface area contributed by atoms with Crippen LogP contribution in [-0.2, 0) is 26.4 Å². The van der Waals surface area contributed by atoms with Crippen LogP contribution in [0.25, 0.3) is 0 Å². The Morgan fingerprint density at radius 2 is 2.08 bits per heavy atom. The fourth-order valence-corrected chi connectivity index (χ4v) is 3.68. The lowest BCUT2D eigenvalue weighted by atomic mass is 9.90. The Bertz CT molecular complexity index is 736. The summed E-state index contributed by atoms with van der Waals surface area (Å²) in [7, 11) is 3.80. The van der Waals surface area contributed by atoms with Gasteiger partial charge in [-0.15, -0.1) is 0 Å². The maximum absolute atomic E-state index is 13.0. The predicted octanol–water partition coefficient (Wildman–Crippen LogP) is 2.55. The zero-order chi connectivity index (χ0) is 18.0. The first-order valence-electron chi connectivity index (χ1n) is 9.06. The van der Waals surface area contributed by atoms with E-state index in [1.807, 2.05) is 49.1 Å². The summed E-state index contributed by atoms with van der Waals surface area (Å²) >= 11 is 0. The van der Waals surface area contributed by atoms with E-state index in [4.69, 9.17) is 0 Å². The summed E-state index contributed by atoms with van der Waals surface area (Å²) in [6.45, 7) is 4.93. The van der Waals surface area contributed by atoms with E-state index in [-0.39, 0.29) is 5.91 Å². The quantitative estimate of drug-likeness (QED) is 0.910. The lowest BCUT2D eigenvalue weighted by molar-refractivity contribution is 0.0777. The maximum Gasteiger partial charge on any atom is 0.274 e. The number of hydrogen-bond donors (Lipinski definition) is 1. The van der Waals surface area contributed by atoms with Gasteiger partial charge in [-0.05, 0) is 24.8 Å². The molecule has 0 aliphatic heterocycles. The number of benzene rings is 1. The molecule has 0 radical (unpaired) electrons. The second kappa shape index (κ2) is 7.40. The second-order valence-corrected chi connectivity index (χ2v) is 7.31. The molecule has 2 aromatic rings. The van der Waals surface area contributed by atoms with Gasteiger partial charge in [-0.3, -0.25) is 9.48 Å². The van der Waals surface area contributed by atoms with Crippen molar-refractivity contribution in [1.82, 2.24) is 20.0 Å². The third-order valence-corrected chi connectivity index (χ3v) is 4.84. The van der Waals surface area contributed by atoms with Gasteiger partial charge in [-0.25, -0.2) is 0 Å². The van der Waals surface area contributed by atoms with Crippen LogP contribution in [0.1, 0.15) is 47.6 Å². The molecule has 1 N–H and O–H groups in total. The van der Waals surface area contributed by atoms with Crippen molar-refractivity contribution < 1.29 is 4.79 Å². The molecular formula is C20H28N4O. The minimum atomic E-state index is 0.00546. The second-order valence-electron chi connectivity index (χ2n) is 7.31. The molecule has 3 rings (SSSR count). The summed E-state index contributed by atoms with van der Waals surface area (Å²) in [5.41, 5.74) is 4.07. The Balaban J connectivity index is 1.79. The summed E-state index contributed by atoms with van der Waals surface area (Å²) < 4.78 is 1.89. The Hall–Kier alpha value is -2.14. The number of amides is 1. The number of fused-ring (bicyclic) bond motifs is 1. The van der Waals surface area contributed by atoms with Gasteiger partial charge in [-0.2, -0.15) is 5.10 Å². The number of nitrogens with zero attached hydrogens (tertiary/aromatic N) is 3. The van der Waals surface area contributed by atoms with Crippen LogP contribution in [0.2, 0.25) is 0 Å². The van der Waals surface area contributed by atoms with Gasteiger partial charge < -0.3 is 10.2 Å². The number of carbonyl (C=O) groups is 1. The van der Waals surface area contributed by atoms with Crippen LogP contribution in [0.3, 0.4) is 0 Å². The Morgan fingerprint density at radius 1 is 1.36 bits per heavy atom. The van der Waals surface area contributed by atoms with E-state index in [1.54, 1.807) is 4.90 Å². The zero-order valence-electron chi connectivity index (χ0n) is 15.6. The molecular weight excluding hydrogens is 312 g/mol. The number of aryl methyl sites for hydroxylation is 1. The van der Waals surface area contributed by atoms with Crippen molar-refractivity contribution in [2.75, 3.05) is 7.05 Å². The highest BCUT2D eigenvalue weighted by molar-refractivity contribution is 5.94. The monoisotopic (exact) mass is 340 g/mol. The van der Waals surface area contributed by atoms with Gasteiger partial charge in [-0.1, -0.05) is 44.2 Å². The van der Waals surface area contributed by atoms with Crippen molar-refractivity contribution in [2.45, 2.75) is 51.7 Å².